The Morgan fingerprint density at radius 2 is 0.896 bits per heavy atom. The van der Waals surface area contributed by atoms with Crippen molar-refractivity contribution in [3.8, 4) is 34.5 Å². The van der Waals surface area contributed by atoms with Crippen molar-refractivity contribution in [1.29, 1.82) is 0 Å². The molecule has 2 heterocycles. The van der Waals surface area contributed by atoms with Gasteiger partial charge in [0.05, 0.1) is 53.7 Å². The van der Waals surface area contributed by atoms with Crippen molar-refractivity contribution >= 4 is 0 Å². The molecule has 2 aliphatic heterocycles. The number of β-amino-alcohol motifs (C(OH)–C–C–N with tert-alkyl or cyclic N) is 2. The molecule has 0 amide bonds. The van der Waals surface area contributed by atoms with Crippen molar-refractivity contribution in [1.82, 2.24) is 9.80 Å². The van der Waals surface area contributed by atoms with Crippen molar-refractivity contribution in [3.05, 3.63) is 106 Å². The van der Waals surface area contributed by atoms with E-state index in [0.29, 0.717) is 36.1 Å². The van der Waals surface area contributed by atoms with Crippen LogP contribution in [0.1, 0.15) is 45.5 Å². The van der Waals surface area contributed by atoms with E-state index in [1.165, 1.54) is 11.1 Å². The zero-order valence-electron chi connectivity index (χ0n) is 28.1. The lowest BCUT2D eigenvalue weighted by atomic mass is 9.87. The van der Waals surface area contributed by atoms with Crippen molar-refractivity contribution in [2.75, 3.05) is 67.8 Å². The van der Waals surface area contributed by atoms with Gasteiger partial charge in [-0.05, 0) is 71.5 Å². The molecule has 0 bridgehead atoms. The molecule has 4 aromatic rings. The summed E-state index contributed by atoms with van der Waals surface area (Å²) in [5.41, 5.74) is 6.17. The van der Waals surface area contributed by atoms with E-state index >= 15 is 0 Å². The highest BCUT2D eigenvalue weighted by molar-refractivity contribution is 5.54. The molecule has 4 aromatic carbocycles. The van der Waals surface area contributed by atoms with E-state index in [9.17, 15) is 20.4 Å². The first kappa shape index (κ1) is 34.8. The second-order valence-corrected chi connectivity index (χ2v) is 11.8. The molecule has 2 aliphatic rings. The van der Waals surface area contributed by atoms with Crippen molar-refractivity contribution in [2.45, 2.75) is 24.9 Å². The number of methoxy groups -OCH3 is 4. The summed E-state index contributed by atoms with van der Waals surface area (Å²) in [7, 11) is 6.50. The van der Waals surface area contributed by atoms with Crippen LogP contribution in [0.5, 0.6) is 34.5 Å². The third-order valence-electron chi connectivity index (χ3n) is 9.18. The summed E-state index contributed by atoms with van der Waals surface area (Å²) in [6.45, 7) is 2.86. The maximum atomic E-state index is 10.4. The number of fused-ring (bicyclic) bond motifs is 2. The number of aliphatic hydroxyl groups excluding tert-OH is 2. The molecule has 6 rings (SSSR count). The van der Waals surface area contributed by atoms with Crippen LogP contribution in [0, 0.1) is 0 Å². The first-order valence-corrected chi connectivity index (χ1v) is 16.1. The molecule has 0 radical (unpaired) electrons. The van der Waals surface area contributed by atoms with E-state index in [0.717, 1.165) is 48.2 Å². The summed E-state index contributed by atoms with van der Waals surface area (Å²) in [6, 6.07) is 22.4. The Morgan fingerprint density at radius 3 is 1.23 bits per heavy atom. The number of benzene rings is 4. The Hall–Kier alpha value is -4.48. The van der Waals surface area contributed by atoms with Gasteiger partial charge in [-0.2, -0.15) is 0 Å². The Labute approximate surface area is 282 Å². The lowest BCUT2D eigenvalue weighted by molar-refractivity contribution is 0.158. The van der Waals surface area contributed by atoms with Crippen LogP contribution in [-0.2, 0) is 12.8 Å². The highest BCUT2D eigenvalue weighted by Crippen LogP contribution is 2.44. The zero-order chi connectivity index (χ0) is 34.2. The van der Waals surface area contributed by atoms with Gasteiger partial charge in [-0.3, -0.25) is 9.80 Å². The van der Waals surface area contributed by atoms with Crippen LogP contribution in [0.4, 0.5) is 0 Å². The topological polar surface area (TPSA) is 124 Å². The number of rotatable bonds is 10. The standard InChI is InChI=1S/2C19H23NO4/c2*1-23-17-11-13-7-8-20(9-10-21)19(15(13)12-18(17)24-2)14-5-3-4-6-16(14)22/h2*3-6,11-12,19,21-22H,7-10H2,1-2H3/t2*19-/m10/s1. The molecule has 256 valence electrons. The highest BCUT2D eigenvalue weighted by Gasteiger charge is 2.33. The molecule has 10 nitrogen and oxygen atoms in total. The molecular weight excluding hydrogens is 612 g/mol. The monoisotopic (exact) mass is 658 g/mol. The Bertz CT molecular complexity index is 1560. The van der Waals surface area contributed by atoms with E-state index in [4.69, 9.17) is 18.9 Å². The quantitative estimate of drug-likeness (QED) is 0.191. The smallest absolute Gasteiger partial charge is 0.161 e. The maximum Gasteiger partial charge on any atom is 0.161 e. The molecule has 0 unspecified atom stereocenters. The van der Waals surface area contributed by atoms with Crippen LogP contribution < -0.4 is 18.9 Å². The SMILES string of the molecule is COc1cc2c(cc1OC)[C@@H](c1ccccc1O)N(CCO)CC2.COc1cc2c(cc1OC)[C@H](c1ccccc1O)N(CCO)CC2. The number of aromatic hydroxyl groups is 2. The highest BCUT2D eigenvalue weighted by atomic mass is 16.5. The van der Waals surface area contributed by atoms with Crippen LogP contribution in [0.3, 0.4) is 0 Å². The molecule has 0 fully saturated rings. The largest absolute Gasteiger partial charge is 0.508 e. The van der Waals surface area contributed by atoms with E-state index in [1.807, 2.05) is 60.7 Å². The van der Waals surface area contributed by atoms with Gasteiger partial charge in [0, 0.05) is 37.3 Å². The maximum absolute atomic E-state index is 10.4. The van der Waals surface area contributed by atoms with Crippen LogP contribution in [0.15, 0.2) is 72.8 Å². The van der Waals surface area contributed by atoms with Gasteiger partial charge in [0.1, 0.15) is 11.5 Å². The van der Waals surface area contributed by atoms with E-state index < -0.39 is 0 Å². The Balaban J connectivity index is 0.000000188. The minimum Gasteiger partial charge on any atom is -0.508 e. The third-order valence-corrected chi connectivity index (χ3v) is 9.18. The van der Waals surface area contributed by atoms with Crippen LogP contribution in [0.2, 0.25) is 0 Å². The van der Waals surface area contributed by atoms with Crippen molar-refractivity contribution in [2.24, 2.45) is 0 Å². The van der Waals surface area contributed by atoms with Gasteiger partial charge < -0.3 is 39.4 Å². The van der Waals surface area contributed by atoms with Crippen LogP contribution >= 0.6 is 0 Å². The Morgan fingerprint density at radius 1 is 0.542 bits per heavy atom. The summed E-state index contributed by atoms with van der Waals surface area (Å²) in [5.74, 6) is 3.27. The van der Waals surface area contributed by atoms with Crippen LogP contribution in [0.25, 0.3) is 0 Å². The summed E-state index contributed by atoms with van der Waals surface area (Å²) >= 11 is 0. The van der Waals surface area contributed by atoms with Gasteiger partial charge in [-0.1, -0.05) is 36.4 Å². The lowest BCUT2D eigenvalue weighted by Crippen LogP contribution is -2.38. The number of nitrogens with zero attached hydrogens (tertiary/aromatic N) is 2. The average Bonchev–Trinajstić information content (AvgIpc) is 3.11. The molecule has 2 atom stereocenters. The fourth-order valence-corrected chi connectivity index (χ4v) is 6.90. The molecule has 0 aliphatic carbocycles. The normalized spacial score (nSPS) is 17.4. The van der Waals surface area contributed by atoms with Gasteiger partial charge in [-0.15, -0.1) is 0 Å². The summed E-state index contributed by atoms with van der Waals surface area (Å²) in [4.78, 5) is 4.37. The van der Waals surface area contributed by atoms with Crippen LogP contribution in [-0.4, -0.2) is 98.1 Å². The molecule has 0 aromatic heterocycles. The van der Waals surface area contributed by atoms with E-state index in [-0.39, 0.29) is 36.8 Å². The van der Waals surface area contributed by atoms with Gasteiger partial charge in [0.25, 0.3) is 0 Å². The molecule has 0 spiro atoms. The van der Waals surface area contributed by atoms with Crippen molar-refractivity contribution in [3.63, 3.8) is 0 Å². The number of para-hydroxylation sites is 2. The summed E-state index contributed by atoms with van der Waals surface area (Å²) < 4.78 is 21.7. The van der Waals surface area contributed by atoms with Gasteiger partial charge in [0.15, 0.2) is 23.0 Å². The van der Waals surface area contributed by atoms with E-state index in [2.05, 4.69) is 9.80 Å². The fraction of sp³-hybridized carbons (Fsp3) is 0.368. The lowest BCUT2D eigenvalue weighted by Gasteiger charge is -2.38. The first-order valence-electron chi connectivity index (χ1n) is 16.1. The van der Waals surface area contributed by atoms with Gasteiger partial charge in [-0.25, -0.2) is 0 Å². The predicted molar refractivity (Wildman–Crippen MR) is 184 cm³/mol. The second-order valence-electron chi connectivity index (χ2n) is 11.8. The fourth-order valence-electron chi connectivity index (χ4n) is 6.90. The average molecular weight is 659 g/mol. The number of hydrogen-bond donors (Lipinski definition) is 4. The number of phenols is 2. The minimum absolute atomic E-state index is 0.0761. The predicted octanol–water partition coefficient (Wildman–Crippen LogP) is 4.70. The molecule has 48 heavy (non-hydrogen) atoms. The zero-order valence-corrected chi connectivity index (χ0v) is 28.1. The molecule has 10 heteroatoms. The number of phenolic OH excluding ortho intramolecular Hbond substituents is 2. The van der Waals surface area contributed by atoms with E-state index in [1.54, 1.807) is 40.6 Å². The molecular formula is C38H46N2O8. The molecule has 4 N–H and O–H groups in total. The number of hydrogen-bond acceptors (Lipinski definition) is 10. The molecule has 0 saturated heterocycles. The van der Waals surface area contributed by atoms with Gasteiger partial charge >= 0.3 is 0 Å². The second kappa shape index (κ2) is 16.1. The Kier molecular flexibility index (Phi) is 11.7. The summed E-state index contributed by atoms with van der Waals surface area (Å²) in [6.07, 6.45) is 1.72. The first-order chi connectivity index (χ1) is 23.4. The minimum atomic E-state index is -0.123. The van der Waals surface area contributed by atoms with Gasteiger partial charge in [0.2, 0.25) is 0 Å². The molecule has 0 saturated carbocycles. The summed E-state index contributed by atoms with van der Waals surface area (Å²) in [5, 5.41) is 39.6. The third kappa shape index (κ3) is 7.17. The van der Waals surface area contributed by atoms with Crippen molar-refractivity contribution < 1.29 is 39.4 Å². The number of aliphatic hydroxyl groups is 2. The number of ether oxygens (including phenoxy) is 4.